The SMILES string of the molecule is CCCC(C)(N)C(=O)Nc1ccc(NS(=O)(=O)c2ccc(C)cc2)cc1.Cl. The Kier molecular flexibility index (Phi) is 7.83. The predicted octanol–water partition coefficient (Wildman–Crippen LogP) is 3.67. The Morgan fingerprint density at radius 3 is 2.07 bits per heavy atom. The van der Waals surface area contributed by atoms with Gasteiger partial charge >= 0.3 is 0 Å². The van der Waals surface area contributed by atoms with Crippen molar-refractivity contribution in [3.8, 4) is 0 Å². The lowest BCUT2D eigenvalue weighted by Gasteiger charge is -2.22. The molecule has 0 aliphatic heterocycles. The molecular formula is C19H26ClN3O3S. The van der Waals surface area contributed by atoms with Crippen LogP contribution in [0.5, 0.6) is 0 Å². The highest BCUT2D eigenvalue weighted by Gasteiger charge is 2.27. The number of carbonyl (C=O) groups is 1. The Hall–Kier alpha value is -2.09. The van der Waals surface area contributed by atoms with Gasteiger partial charge in [0.1, 0.15) is 0 Å². The van der Waals surface area contributed by atoms with Gasteiger partial charge in [0.2, 0.25) is 5.91 Å². The van der Waals surface area contributed by atoms with Crippen molar-refractivity contribution in [2.24, 2.45) is 5.73 Å². The number of nitrogens with one attached hydrogen (secondary N) is 2. The van der Waals surface area contributed by atoms with Gasteiger partial charge in [-0.05, 0) is 56.7 Å². The topological polar surface area (TPSA) is 101 Å². The van der Waals surface area contributed by atoms with Gasteiger partial charge in [-0.25, -0.2) is 8.42 Å². The van der Waals surface area contributed by atoms with Crippen molar-refractivity contribution in [2.75, 3.05) is 10.0 Å². The number of hydrogen-bond donors (Lipinski definition) is 3. The van der Waals surface area contributed by atoms with Gasteiger partial charge in [-0.3, -0.25) is 9.52 Å². The molecule has 0 aliphatic carbocycles. The number of hydrogen-bond acceptors (Lipinski definition) is 4. The van der Waals surface area contributed by atoms with Crippen molar-refractivity contribution in [2.45, 2.75) is 44.0 Å². The van der Waals surface area contributed by atoms with E-state index in [9.17, 15) is 13.2 Å². The zero-order valence-corrected chi connectivity index (χ0v) is 17.3. The molecule has 0 saturated carbocycles. The minimum atomic E-state index is -3.65. The number of rotatable bonds is 7. The minimum absolute atomic E-state index is 0. The van der Waals surface area contributed by atoms with Gasteiger partial charge in [0, 0.05) is 11.4 Å². The molecule has 8 heteroatoms. The number of carbonyl (C=O) groups excluding carboxylic acids is 1. The van der Waals surface area contributed by atoms with Crippen molar-refractivity contribution in [3.05, 3.63) is 54.1 Å². The first-order valence-electron chi connectivity index (χ1n) is 8.44. The fourth-order valence-electron chi connectivity index (χ4n) is 2.46. The summed E-state index contributed by atoms with van der Waals surface area (Å²) in [6.45, 7) is 5.55. The summed E-state index contributed by atoms with van der Waals surface area (Å²) in [4.78, 5) is 12.4. The van der Waals surface area contributed by atoms with Gasteiger partial charge in [0.05, 0.1) is 10.4 Å². The molecule has 0 bridgehead atoms. The number of benzene rings is 2. The van der Waals surface area contributed by atoms with Crippen LogP contribution in [0.25, 0.3) is 0 Å². The van der Waals surface area contributed by atoms with Crippen LogP contribution in [0, 0.1) is 6.92 Å². The summed E-state index contributed by atoms with van der Waals surface area (Å²) in [5.41, 5.74) is 7.01. The van der Waals surface area contributed by atoms with Gasteiger partial charge in [-0.2, -0.15) is 0 Å². The molecule has 2 aromatic carbocycles. The molecule has 27 heavy (non-hydrogen) atoms. The second-order valence-electron chi connectivity index (χ2n) is 6.62. The van der Waals surface area contributed by atoms with Crippen molar-refractivity contribution in [3.63, 3.8) is 0 Å². The van der Waals surface area contributed by atoms with Crippen LogP contribution in [0.1, 0.15) is 32.3 Å². The molecule has 0 spiro atoms. The molecule has 0 aliphatic rings. The largest absolute Gasteiger partial charge is 0.325 e. The molecule has 1 amide bonds. The zero-order valence-electron chi connectivity index (χ0n) is 15.7. The summed E-state index contributed by atoms with van der Waals surface area (Å²) in [6, 6.07) is 13.1. The van der Waals surface area contributed by atoms with Crippen molar-refractivity contribution in [1.82, 2.24) is 0 Å². The lowest BCUT2D eigenvalue weighted by molar-refractivity contribution is -0.120. The van der Waals surface area contributed by atoms with E-state index in [-0.39, 0.29) is 23.2 Å². The van der Waals surface area contributed by atoms with E-state index < -0.39 is 15.6 Å². The van der Waals surface area contributed by atoms with Crippen LogP contribution in [0.3, 0.4) is 0 Å². The maximum absolute atomic E-state index is 12.4. The molecule has 1 unspecified atom stereocenters. The first-order valence-corrected chi connectivity index (χ1v) is 9.92. The Labute approximate surface area is 167 Å². The van der Waals surface area contributed by atoms with Crippen LogP contribution in [0.2, 0.25) is 0 Å². The van der Waals surface area contributed by atoms with Crippen LogP contribution >= 0.6 is 12.4 Å². The highest BCUT2D eigenvalue weighted by molar-refractivity contribution is 7.92. The second-order valence-corrected chi connectivity index (χ2v) is 8.30. The number of amides is 1. The first kappa shape index (κ1) is 23.0. The monoisotopic (exact) mass is 411 g/mol. The lowest BCUT2D eigenvalue weighted by Crippen LogP contribution is -2.48. The highest BCUT2D eigenvalue weighted by atomic mass is 35.5. The summed E-state index contributed by atoms with van der Waals surface area (Å²) in [7, 11) is -3.65. The Morgan fingerprint density at radius 2 is 1.56 bits per heavy atom. The summed E-state index contributed by atoms with van der Waals surface area (Å²) >= 11 is 0. The van der Waals surface area contributed by atoms with Gasteiger partial charge in [-0.1, -0.05) is 31.0 Å². The van der Waals surface area contributed by atoms with Crippen LogP contribution in [-0.2, 0) is 14.8 Å². The van der Waals surface area contributed by atoms with Gasteiger partial charge in [0.25, 0.3) is 10.0 Å². The van der Waals surface area contributed by atoms with E-state index in [1.807, 2.05) is 13.8 Å². The molecule has 0 radical (unpaired) electrons. The molecule has 0 heterocycles. The maximum atomic E-state index is 12.4. The number of anilines is 2. The second kappa shape index (κ2) is 9.21. The van der Waals surface area contributed by atoms with Crippen LogP contribution in [0.4, 0.5) is 11.4 Å². The molecule has 4 N–H and O–H groups in total. The molecule has 0 fully saturated rings. The fourth-order valence-corrected chi connectivity index (χ4v) is 3.52. The normalized spacial score (nSPS) is 13.2. The minimum Gasteiger partial charge on any atom is -0.325 e. The van der Waals surface area contributed by atoms with E-state index >= 15 is 0 Å². The molecule has 0 saturated heterocycles. The Bertz CT molecular complexity index is 864. The molecular weight excluding hydrogens is 386 g/mol. The van der Waals surface area contributed by atoms with E-state index in [0.717, 1.165) is 12.0 Å². The zero-order chi connectivity index (χ0) is 19.4. The Morgan fingerprint density at radius 1 is 1.04 bits per heavy atom. The molecule has 2 rings (SSSR count). The summed E-state index contributed by atoms with van der Waals surface area (Å²) in [5.74, 6) is -0.271. The number of sulfonamides is 1. The quantitative estimate of drug-likeness (QED) is 0.646. The number of aryl methyl sites for hydroxylation is 1. The smallest absolute Gasteiger partial charge is 0.261 e. The average Bonchev–Trinajstić information content (AvgIpc) is 2.56. The van der Waals surface area contributed by atoms with E-state index in [1.54, 1.807) is 55.5 Å². The van der Waals surface area contributed by atoms with E-state index in [1.165, 1.54) is 0 Å². The van der Waals surface area contributed by atoms with Crippen molar-refractivity contribution in [1.29, 1.82) is 0 Å². The summed E-state index contributed by atoms with van der Waals surface area (Å²) in [6.07, 6.45) is 1.38. The van der Waals surface area contributed by atoms with Gasteiger partial charge in [0.15, 0.2) is 0 Å². The number of halogens is 1. The first-order chi connectivity index (χ1) is 12.1. The van der Waals surface area contributed by atoms with E-state index in [4.69, 9.17) is 5.73 Å². The van der Waals surface area contributed by atoms with Crippen LogP contribution in [0.15, 0.2) is 53.4 Å². The molecule has 6 nitrogen and oxygen atoms in total. The van der Waals surface area contributed by atoms with Crippen LogP contribution in [-0.4, -0.2) is 19.9 Å². The molecule has 2 aromatic rings. The number of nitrogens with two attached hydrogens (primary N) is 1. The molecule has 1 atom stereocenters. The van der Waals surface area contributed by atoms with Gasteiger partial charge in [-0.15, -0.1) is 12.4 Å². The van der Waals surface area contributed by atoms with E-state index in [0.29, 0.717) is 17.8 Å². The fraction of sp³-hybridized carbons (Fsp3) is 0.316. The third-order valence-electron chi connectivity index (χ3n) is 4.01. The molecule has 0 aromatic heterocycles. The maximum Gasteiger partial charge on any atom is 0.261 e. The van der Waals surface area contributed by atoms with E-state index in [2.05, 4.69) is 10.0 Å². The third-order valence-corrected chi connectivity index (χ3v) is 5.41. The standard InChI is InChI=1S/C19H25N3O3S.ClH/c1-4-13-19(3,20)18(23)21-15-7-9-16(10-8-15)22-26(24,25)17-11-5-14(2)6-12-17;/h5-12,22H,4,13,20H2,1-3H3,(H,21,23);1H. The summed E-state index contributed by atoms with van der Waals surface area (Å²) < 4.78 is 27.3. The van der Waals surface area contributed by atoms with Gasteiger partial charge < -0.3 is 11.1 Å². The van der Waals surface area contributed by atoms with Crippen molar-refractivity contribution >= 4 is 39.7 Å². The lowest BCUT2D eigenvalue weighted by atomic mass is 9.96. The third kappa shape index (κ3) is 6.23. The van der Waals surface area contributed by atoms with Crippen molar-refractivity contribution < 1.29 is 13.2 Å². The predicted molar refractivity (Wildman–Crippen MR) is 112 cm³/mol. The average molecular weight is 412 g/mol. The molecule has 148 valence electrons. The summed E-state index contributed by atoms with van der Waals surface area (Å²) in [5, 5.41) is 2.75. The highest BCUT2D eigenvalue weighted by Crippen LogP contribution is 2.20. The van der Waals surface area contributed by atoms with Crippen LogP contribution < -0.4 is 15.8 Å². The Balaban J connectivity index is 0.00000364.